The van der Waals surface area contributed by atoms with Crippen molar-refractivity contribution in [3.8, 4) is 0 Å². The highest BCUT2D eigenvalue weighted by Gasteiger charge is 2.18. The number of rotatable bonds is 9. The molecule has 8 nitrogen and oxygen atoms in total. The van der Waals surface area contributed by atoms with Gasteiger partial charge in [0.25, 0.3) is 5.91 Å². The number of hydrogen-bond acceptors (Lipinski definition) is 6. The standard InChI is InChI=1S/C24H28N6O2/c1-3-10-19-28-21-22(20-18(27-23(21)25)13-9-14-26-20)29(19)15-7-8-16-30(32-2)24(31)17-11-5-4-6-12-17/h4-6,9,11-14H,3,7-8,10,15-16H2,1-2H3,(H2,25,27). The molecule has 166 valence electrons. The second kappa shape index (κ2) is 9.74. The van der Waals surface area contributed by atoms with E-state index in [0.717, 1.165) is 54.6 Å². The monoisotopic (exact) mass is 432 g/mol. The summed E-state index contributed by atoms with van der Waals surface area (Å²) in [6.45, 7) is 3.38. The lowest BCUT2D eigenvalue weighted by Gasteiger charge is -2.20. The van der Waals surface area contributed by atoms with Gasteiger partial charge >= 0.3 is 0 Å². The van der Waals surface area contributed by atoms with Crippen molar-refractivity contribution in [3.63, 3.8) is 0 Å². The van der Waals surface area contributed by atoms with Crippen LogP contribution >= 0.6 is 0 Å². The molecule has 8 heteroatoms. The predicted molar refractivity (Wildman–Crippen MR) is 125 cm³/mol. The number of aryl methyl sites for hydroxylation is 2. The molecule has 1 aromatic carbocycles. The molecule has 0 aliphatic rings. The lowest BCUT2D eigenvalue weighted by molar-refractivity contribution is -0.0957. The molecule has 32 heavy (non-hydrogen) atoms. The molecule has 4 rings (SSSR count). The molecule has 0 unspecified atom stereocenters. The van der Waals surface area contributed by atoms with Crippen LogP contribution in [-0.2, 0) is 17.8 Å². The van der Waals surface area contributed by atoms with Crippen LogP contribution < -0.4 is 5.73 Å². The van der Waals surface area contributed by atoms with Crippen LogP contribution in [0.2, 0.25) is 0 Å². The van der Waals surface area contributed by atoms with Crippen molar-refractivity contribution in [1.29, 1.82) is 0 Å². The first-order chi connectivity index (χ1) is 15.6. The zero-order chi connectivity index (χ0) is 22.5. The molecular formula is C24H28N6O2. The number of hydroxylamine groups is 2. The van der Waals surface area contributed by atoms with Crippen LogP contribution in [0.1, 0.15) is 42.4 Å². The average molecular weight is 433 g/mol. The number of carbonyl (C=O) groups is 1. The highest BCUT2D eigenvalue weighted by atomic mass is 16.7. The van der Waals surface area contributed by atoms with Gasteiger partial charge in [-0.15, -0.1) is 0 Å². The van der Waals surface area contributed by atoms with E-state index in [2.05, 4.69) is 21.5 Å². The van der Waals surface area contributed by atoms with Gasteiger partial charge in [0, 0.05) is 31.3 Å². The van der Waals surface area contributed by atoms with Gasteiger partial charge in [-0.2, -0.15) is 0 Å². The van der Waals surface area contributed by atoms with Gasteiger partial charge in [-0.05, 0) is 43.5 Å². The minimum absolute atomic E-state index is 0.137. The minimum Gasteiger partial charge on any atom is -0.382 e. The van der Waals surface area contributed by atoms with Gasteiger partial charge in [0.15, 0.2) is 5.82 Å². The molecule has 0 fully saturated rings. The number of pyridine rings is 2. The zero-order valence-electron chi connectivity index (χ0n) is 18.5. The summed E-state index contributed by atoms with van der Waals surface area (Å²) in [5.74, 6) is 1.27. The molecule has 0 atom stereocenters. The largest absolute Gasteiger partial charge is 0.382 e. The predicted octanol–water partition coefficient (Wildman–Crippen LogP) is 4.00. The van der Waals surface area contributed by atoms with Gasteiger partial charge in [-0.25, -0.2) is 15.0 Å². The van der Waals surface area contributed by atoms with E-state index in [4.69, 9.17) is 15.6 Å². The second-order valence-electron chi connectivity index (χ2n) is 7.66. The van der Waals surface area contributed by atoms with Crippen molar-refractivity contribution < 1.29 is 9.63 Å². The van der Waals surface area contributed by atoms with Gasteiger partial charge in [0.1, 0.15) is 22.4 Å². The number of carbonyl (C=O) groups excluding carboxylic acids is 1. The number of unbranched alkanes of at least 4 members (excludes halogenated alkanes) is 1. The topological polar surface area (TPSA) is 99.2 Å². The summed E-state index contributed by atoms with van der Waals surface area (Å²) in [6.07, 6.45) is 5.22. The van der Waals surface area contributed by atoms with Crippen molar-refractivity contribution in [2.45, 2.75) is 39.2 Å². The van der Waals surface area contributed by atoms with Crippen LogP contribution in [0.15, 0.2) is 48.7 Å². The number of imidazole rings is 1. The quantitative estimate of drug-likeness (QED) is 0.317. The summed E-state index contributed by atoms with van der Waals surface area (Å²) in [4.78, 5) is 31.8. The van der Waals surface area contributed by atoms with E-state index < -0.39 is 0 Å². The maximum Gasteiger partial charge on any atom is 0.277 e. The van der Waals surface area contributed by atoms with E-state index >= 15 is 0 Å². The highest BCUT2D eigenvalue weighted by molar-refractivity contribution is 6.04. The molecule has 0 aliphatic carbocycles. The maximum absolute atomic E-state index is 12.7. The molecule has 3 aromatic heterocycles. The Hall–Kier alpha value is -3.52. The highest BCUT2D eigenvalue weighted by Crippen LogP contribution is 2.28. The fourth-order valence-corrected chi connectivity index (χ4v) is 3.95. The molecule has 1 amide bonds. The van der Waals surface area contributed by atoms with Crippen LogP contribution in [0.4, 0.5) is 5.82 Å². The van der Waals surface area contributed by atoms with E-state index in [0.29, 0.717) is 23.4 Å². The molecule has 3 heterocycles. The molecule has 0 radical (unpaired) electrons. The smallest absolute Gasteiger partial charge is 0.277 e. The molecule has 0 spiro atoms. The summed E-state index contributed by atoms with van der Waals surface area (Å²) < 4.78 is 2.21. The molecule has 0 saturated heterocycles. The number of fused-ring (bicyclic) bond motifs is 3. The summed E-state index contributed by atoms with van der Waals surface area (Å²) in [6, 6.07) is 12.9. The van der Waals surface area contributed by atoms with Crippen LogP contribution in [-0.4, -0.2) is 44.1 Å². The van der Waals surface area contributed by atoms with E-state index in [1.165, 1.54) is 12.2 Å². The normalized spacial score (nSPS) is 11.3. The Kier molecular flexibility index (Phi) is 6.61. The van der Waals surface area contributed by atoms with Gasteiger partial charge in [0.2, 0.25) is 0 Å². The summed E-state index contributed by atoms with van der Waals surface area (Å²) in [5.41, 5.74) is 10.0. The first-order valence-corrected chi connectivity index (χ1v) is 10.9. The van der Waals surface area contributed by atoms with Crippen LogP contribution in [0.5, 0.6) is 0 Å². The van der Waals surface area contributed by atoms with Crippen molar-refractivity contribution in [2.75, 3.05) is 19.4 Å². The fourth-order valence-electron chi connectivity index (χ4n) is 3.95. The number of hydrogen-bond donors (Lipinski definition) is 1. The number of anilines is 1. The number of nitrogens with zero attached hydrogens (tertiary/aromatic N) is 5. The lowest BCUT2D eigenvalue weighted by atomic mass is 10.2. The third-order valence-corrected chi connectivity index (χ3v) is 5.48. The molecule has 0 bridgehead atoms. The Morgan fingerprint density at radius 1 is 1.09 bits per heavy atom. The van der Waals surface area contributed by atoms with Gasteiger partial charge in [-0.3, -0.25) is 14.6 Å². The number of benzene rings is 1. The number of nitrogens with two attached hydrogens (primary N) is 1. The van der Waals surface area contributed by atoms with Crippen molar-refractivity contribution in [3.05, 3.63) is 60.0 Å². The summed E-state index contributed by atoms with van der Waals surface area (Å²) >= 11 is 0. The Balaban J connectivity index is 1.53. The third-order valence-electron chi connectivity index (χ3n) is 5.48. The van der Waals surface area contributed by atoms with Gasteiger partial charge in [-0.1, -0.05) is 25.1 Å². The molecular weight excluding hydrogens is 404 g/mol. The molecule has 0 aliphatic heterocycles. The first kappa shape index (κ1) is 21.7. The Morgan fingerprint density at radius 3 is 2.66 bits per heavy atom. The second-order valence-corrected chi connectivity index (χ2v) is 7.66. The number of aromatic nitrogens is 4. The Bertz CT molecular complexity index is 1220. The minimum atomic E-state index is -0.137. The third kappa shape index (κ3) is 4.27. The van der Waals surface area contributed by atoms with Crippen molar-refractivity contribution in [1.82, 2.24) is 24.6 Å². The van der Waals surface area contributed by atoms with E-state index in [1.54, 1.807) is 18.3 Å². The summed E-state index contributed by atoms with van der Waals surface area (Å²) in [7, 11) is 1.52. The van der Waals surface area contributed by atoms with Gasteiger partial charge < -0.3 is 10.3 Å². The SMILES string of the molecule is CCCc1nc2c(N)nc3cccnc3c2n1CCCCN(OC)C(=O)c1ccccc1. The van der Waals surface area contributed by atoms with Crippen LogP contribution in [0.3, 0.4) is 0 Å². The number of nitrogen functional groups attached to an aromatic ring is 1. The Labute approximate surface area is 187 Å². The van der Waals surface area contributed by atoms with E-state index in [9.17, 15) is 4.79 Å². The van der Waals surface area contributed by atoms with E-state index in [-0.39, 0.29) is 5.91 Å². The molecule has 0 saturated carbocycles. The Morgan fingerprint density at radius 2 is 1.91 bits per heavy atom. The first-order valence-electron chi connectivity index (χ1n) is 10.9. The van der Waals surface area contributed by atoms with Crippen molar-refractivity contribution >= 4 is 33.8 Å². The fraction of sp³-hybridized carbons (Fsp3) is 0.333. The zero-order valence-corrected chi connectivity index (χ0v) is 18.5. The lowest BCUT2D eigenvalue weighted by Crippen LogP contribution is -2.31. The maximum atomic E-state index is 12.7. The average Bonchev–Trinajstić information content (AvgIpc) is 3.19. The van der Waals surface area contributed by atoms with Crippen molar-refractivity contribution in [2.24, 2.45) is 0 Å². The van der Waals surface area contributed by atoms with E-state index in [1.807, 2.05) is 30.3 Å². The van der Waals surface area contributed by atoms with Crippen LogP contribution in [0.25, 0.3) is 22.1 Å². The molecule has 2 N–H and O–H groups in total. The van der Waals surface area contributed by atoms with Gasteiger partial charge in [0.05, 0.1) is 12.6 Å². The van der Waals surface area contributed by atoms with Crippen LogP contribution in [0, 0.1) is 0 Å². The number of amides is 1. The molecule has 4 aromatic rings. The summed E-state index contributed by atoms with van der Waals surface area (Å²) in [5, 5.41) is 1.41.